The number of piperazine rings is 1. The van der Waals surface area contributed by atoms with Crippen LogP contribution in [0.15, 0.2) is 66.7 Å². The Balaban J connectivity index is 1.89. The van der Waals surface area contributed by atoms with Crippen molar-refractivity contribution in [3.8, 4) is 11.1 Å². The molecule has 4 rings (SSSR count). The standard InChI is InChI=1S/C20H20N2/c1-2-6-16(7-3-1)18-14-17-8-4-5-9-19(17)20(15-18)22-12-10-21-11-13-22/h1-9,14-15,21H,10-13H2. The van der Waals surface area contributed by atoms with Crippen LogP contribution in [-0.4, -0.2) is 26.2 Å². The minimum absolute atomic E-state index is 1.06. The molecule has 110 valence electrons. The molecule has 1 aliphatic rings. The molecule has 0 bridgehead atoms. The van der Waals surface area contributed by atoms with E-state index in [-0.39, 0.29) is 0 Å². The van der Waals surface area contributed by atoms with Crippen molar-refractivity contribution < 1.29 is 0 Å². The topological polar surface area (TPSA) is 15.3 Å². The first-order chi connectivity index (χ1) is 10.9. The molecule has 3 aromatic rings. The Hall–Kier alpha value is -2.32. The zero-order valence-electron chi connectivity index (χ0n) is 12.6. The number of hydrogen-bond acceptors (Lipinski definition) is 2. The molecule has 0 spiro atoms. The van der Waals surface area contributed by atoms with Gasteiger partial charge in [0, 0.05) is 37.3 Å². The van der Waals surface area contributed by atoms with Gasteiger partial charge in [0.2, 0.25) is 0 Å². The molecule has 22 heavy (non-hydrogen) atoms. The molecule has 0 saturated carbocycles. The van der Waals surface area contributed by atoms with Crippen LogP contribution in [0.25, 0.3) is 21.9 Å². The molecule has 0 unspecified atom stereocenters. The van der Waals surface area contributed by atoms with Crippen LogP contribution in [-0.2, 0) is 0 Å². The molecule has 3 aromatic carbocycles. The van der Waals surface area contributed by atoms with Gasteiger partial charge in [-0.2, -0.15) is 0 Å². The maximum atomic E-state index is 3.44. The largest absolute Gasteiger partial charge is 0.368 e. The molecule has 1 N–H and O–H groups in total. The van der Waals surface area contributed by atoms with Crippen LogP contribution in [0.5, 0.6) is 0 Å². The first kappa shape index (κ1) is 13.4. The molecule has 1 heterocycles. The van der Waals surface area contributed by atoms with E-state index in [9.17, 15) is 0 Å². The summed E-state index contributed by atoms with van der Waals surface area (Å²) in [6.07, 6.45) is 0. The van der Waals surface area contributed by atoms with Gasteiger partial charge in [0.05, 0.1) is 0 Å². The van der Waals surface area contributed by atoms with Crippen molar-refractivity contribution in [3.05, 3.63) is 66.7 Å². The van der Waals surface area contributed by atoms with E-state index < -0.39 is 0 Å². The van der Waals surface area contributed by atoms with Crippen LogP contribution < -0.4 is 10.2 Å². The van der Waals surface area contributed by atoms with Gasteiger partial charge in [-0.05, 0) is 28.6 Å². The fraction of sp³-hybridized carbons (Fsp3) is 0.200. The maximum absolute atomic E-state index is 3.44. The van der Waals surface area contributed by atoms with Gasteiger partial charge in [0.15, 0.2) is 0 Å². The van der Waals surface area contributed by atoms with E-state index in [0.717, 1.165) is 26.2 Å². The second-order valence-electron chi connectivity index (χ2n) is 5.82. The van der Waals surface area contributed by atoms with Crippen LogP contribution in [0.1, 0.15) is 0 Å². The van der Waals surface area contributed by atoms with Crippen LogP contribution in [0.2, 0.25) is 0 Å². The fourth-order valence-corrected chi connectivity index (χ4v) is 3.26. The number of fused-ring (bicyclic) bond motifs is 1. The van der Waals surface area contributed by atoms with E-state index in [1.807, 2.05) is 0 Å². The molecule has 1 saturated heterocycles. The van der Waals surface area contributed by atoms with E-state index in [2.05, 4.69) is 76.9 Å². The second-order valence-corrected chi connectivity index (χ2v) is 5.82. The van der Waals surface area contributed by atoms with Gasteiger partial charge in [0.25, 0.3) is 0 Å². The Morgan fingerprint density at radius 2 is 1.45 bits per heavy atom. The number of anilines is 1. The Labute approximate surface area is 131 Å². The van der Waals surface area contributed by atoms with Gasteiger partial charge in [-0.15, -0.1) is 0 Å². The van der Waals surface area contributed by atoms with Crippen molar-refractivity contribution in [2.75, 3.05) is 31.1 Å². The maximum Gasteiger partial charge on any atom is 0.0453 e. The number of benzene rings is 3. The summed E-state index contributed by atoms with van der Waals surface area (Å²) in [5, 5.41) is 6.11. The highest BCUT2D eigenvalue weighted by molar-refractivity contribution is 5.98. The van der Waals surface area contributed by atoms with Crippen LogP contribution >= 0.6 is 0 Å². The van der Waals surface area contributed by atoms with Gasteiger partial charge in [0.1, 0.15) is 0 Å². The molecule has 0 radical (unpaired) electrons. The molecule has 0 aliphatic carbocycles. The third-order valence-electron chi connectivity index (χ3n) is 4.40. The summed E-state index contributed by atoms with van der Waals surface area (Å²) in [4.78, 5) is 2.51. The third kappa shape index (κ3) is 2.46. The van der Waals surface area contributed by atoms with Crippen LogP contribution in [0.4, 0.5) is 5.69 Å². The van der Waals surface area contributed by atoms with Crippen LogP contribution in [0, 0.1) is 0 Å². The van der Waals surface area contributed by atoms with Crippen molar-refractivity contribution in [2.45, 2.75) is 0 Å². The minimum atomic E-state index is 1.06. The van der Waals surface area contributed by atoms with Gasteiger partial charge in [-0.1, -0.05) is 54.6 Å². The van der Waals surface area contributed by atoms with Crippen molar-refractivity contribution in [2.24, 2.45) is 0 Å². The Morgan fingerprint density at radius 3 is 2.27 bits per heavy atom. The molecular weight excluding hydrogens is 268 g/mol. The van der Waals surface area contributed by atoms with Crippen molar-refractivity contribution in [1.29, 1.82) is 0 Å². The summed E-state index contributed by atoms with van der Waals surface area (Å²) in [7, 11) is 0. The molecule has 2 heteroatoms. The predicted molar refractivity (Wildman–Crippen MR) is 94.5 cm³/mol. The zero-order chi connectivity index (χ0) is 14.8. The van der Waals surface area contributed by atoms with Crippen molar-refractivity contribution >= 4 is 16.5 Å². The lowest BCUT2D eigenvalue weighted by molar-refractivity contribution is 0.590. The Morgan fingerprint density at radius 1 is 0.727 bits per heavy atom. The molecule has 1 aliphatic heterocycles. The van der Waals surface area contributed by atoms with E-state index in [1.165, 1.54) is 27.6 Å². The van der Waals surface area contributed by atoms with E-state index in [1.54, 1.807) is 0 Å². The molecule has 2 nitrogen and oxygen atoms in total. The molecule has 0 amide bonds. The molecule has 1 fully saturated rings. The number of nitrogens with zero attached hydrogens (tertiary/aromatic N) is 1. The highest BCUT2D eigenvalue weighted by atomic mass is 15.2. The first-order valence-corrected chi connectivity index (χ1v) is 7.96. The molecule has 0 atom stereocenters. The highest BCUT2D eigenvalue weighted by Crippen LogP contribution is 2.33. The SMILES string of the molecule is c1ccc(-c2cc(N3CCNCC3)c3ccccc3c2)cc1. The second kappa shape index (κ2) is 5.82. The van der Waals surface area contributed by atoms with Crippen LogP contribution in [0.3, 0.4) is 0 Å². The lowest BCUT2D eigenvalue weighted by atomic mass is 9.99. The van der Waals surface area contributed by atoms with E-state index in [4.69, 9.17) is 0 Å². The lowest BCUT2D eigenvalue weighted by Crippen LogP contribution is -2.43. The van der Waals surface area contributed by atoms with Gasteiger partial charge in [-0.3, -0.25) is 0 Å². The predicted octanol–water partition coefficient (Wildman–Crippen LogP) is 3.92. The molecular formula is C20H20N2. The monoisotopic (exact) mass is 288 g/mol. The van der Waals surface area contributed by atoms with E-state index in [0.29, 0.717) is 0 Å². The highest BCUT2D eigenvalue weighted by Gasteiger charge is 2.14. The lowest BCUT2D eigenvalue weighted by Gasteiger charge is -2.31. The summed E-state index contributed by atoms with van der Waals surface area (Å²) in [5.41, 5.74) is 3.94. The zero-order valence-corrected chi connectivity index (χ0v) is 12.6. The summed E-state index contributed by atoms with van der Waals surface area (Å²) in [5.74, 6) is 0. The smallest absolute Gasteiger partial charge is 0.0453 e. The summed E-state index contributed by atoms with van der Waals surface area (Å²) in [6.45, 7) is 4.26. The minimum Gasteiger partial charge on any atom is -0.368 e. The normalized spacial score (nSPS) is 15.2. The van der Waals surface area contributed by atoms with Gasteiger partial charge in [-0.25, -0.2) is 0 Å². The Kier molecular flexibility index (Phi) is 3.53. The van der Waals surface area contributed by atoms with E-state index >= 15 is 0 Å². The van der Waals surface area contributed by atoms with Gasteiger partial charge >= 0.3 is 0 Å². The Bertz CT molecular complexity index is 774. The first-order valence-electron chi connectivity index (χ1n) is 7.96. The number of rotatable bonds is 2. The molecule has 0 aromatic heterocycles. The van der Waals surface area contributed by atoms with Crippen molar-refractivity contribution in [1.82, 2.24) is 5.32 Å². The van der Waals surface area contributed by atoms with Crippen molar-refractivity contribution in [3.63, 3.8) is 0 Å². The average molecular weight is 288 g/mol. The summed E-state index contributed by atoms with van der Waals surface area (Å²) < 4.78 is 0. The number of hydrogen-bond donors (Lipinski definition) is 1. The summed E-state index contributed by atoms with van der Waals surface area (Å²) >= 11 is 0. The quantitative estimate of drug-likeness (QED) is 0.769. The third-order valence-corrected chi connectivity index (χ3v) is 4.40. The fourth-order valence-electron chi connectivity index (χ4n) is 3.26. The van der Waals surface area contributed by atoms with Gasteiger partial charge < -0.3 is 10.2 Å². The number of nitrogens with one attached hydrogen (secondary N) is 1. The average Bonchev–Trinajstić information content (AvgIpc) is 2.62. The summed E-state index contributed by atoms with van der Waals surface area (Å²) in [6, 6.07) is 24.0.